The third-order valence-corrected chi connectivity index (χ3v) is 5.76. The van der Waals surface area contributed by atoms with Gasteiger partial charge in [0.1, 0.15) is 0 Å². The van der Waals surface area contributed by atoms with Crippen LogP contribution in [-0.2, 0) is 17.4 Å². The maximum absolute atomic E-state index is 12.9. The molecule has 0 radical (unpaired) electrons. The minimum Gasteiger partial charge on any atom is -0.302 e. The van der Waals surface area contributed by atoms with Gasteiger partial charge in [-0.15, -0.1) is 16.4 Å². The molecule has 0 unspecified atom stereocenters. The predicted octanol–water partition coefficient (Wildman–Crippen LogP) is 4.76. The van der Waals surface area contributed by atoms with Gasteiger partial charge in [0.25, 0.3) is 11.6 Å². The monoisotopic (exact) mass is 460 g/mol. The summed E-state index contributed by atoms with van der Waals surface area (Å²) in [6.07, 6.45) is -4.24. The average molecular weight is 460 g/mol. The van der Waals surface area contributed by atoms with Crippen molar-refractivity contribution in [3.8, 4) is 11.3 Å². The number of halogens is 3. The first kappa shape index (κ1) is 21.9. The Morgan fingerprint density at radius 3 is 2.50 bits per heavy atom. The van der Waals surface area contributed by atoms with E-state index in [1.165, 1.54) is 11.3 Å². The Hall–Kier alpha value is -3.34. The molecule has 3 heterocycles. The molecule has 0 aliphatic carbocycles. The van der Waals surface area contributed by atoms with Gasteiger partial charge in [0.05, 0.1) is 5.69 Å². The molecule has 11 heteroatoms. The van der Waals surface area contributed by atoms with Crippen LogP contribution in [0.2, 0.25) is 0 Å². The summed E-state index contributed by atoms with van der Waals surface area (Å²) in [6.45, 7) is 5.32. The molecule has 1 amide bonds. The van der Waals surface area contributed by atoms with E-state index in [2.05, 4.69) is 25.4 Å². The number of rotatable bonds is 5. The average Bonchev–Trinajstić information content (AvgIpc) is 3.35. The molecule has 0 saturated heterocycles. The second kappa shape index (κ2) is 8.30. The molecular formula is C21H19F3N6OS. The largest absolute Gasteiger partial charge is 0.453 e. The van der Waals surface area contributed by atoms with Gasteiger partial charge in [-0.25, -0.2) is 14.5 Å². The summed E-state index contributed by atoms with van der Waals surface area (Å²) in [5, 5.41) is 8.66. The molecule has 0 aliphatic rings. The first-order chi connectivity index (χ1) is 15.1. The zero-order valence-corrected chi connectivity index (χ0v) is 18.3. The van der Waals surface area contributed by atoms with Gasteiger partial charge in [0, 0.05) is 28.8 Å². The smallest absolute Gasteiger partial charge is 0.302 e. The van der Waals surface area contributed by atoms with Crippen LogP contribution in [0.1, 0.15) is 34.8 Å². The third-order valence-electron chi connectivity index (χ3n) is 5.00. The molecule has 4 aromatic rings. The summed E-state index contributed by atoms with van der Waals surface area (Å²) in [5.74, 6) is -1.61. The van der Waals surface area contributed by atoms with Crippen LogP contribution in [0.3, 0.4) is 0 Å². The number of nitrogens with zero attached hydrogens (tertiary/aromatic N) is 5. The number of carbonyl (C=O) groups is 1. The van der Waals surface area contributed by atoms with Crippen LogP contribution in [-0.4, -0.2) is 30.5 Å². The second-order valence-corrected chi connectivity index (χ2v) is 8.22. The molecule has 7 nitrogen and oxygen atoms in total. The Balaban J connectivity index is 1.45. The van der Waals surface area contributed by atoms with E-state index in [1.54, 1.807) is 13.8 Å². The van der Waals surface area contributed by atoms with Crippen molar-refractivity contribution in [2.75, 3.05) is 5.32 Å². The maximum Gasteiger partial charge on any atom is 0.453 e. The molecule has 1 aromatic carbocycles. The quantitative estimate of drug-likeness (QED) is 0.464. The van der Waals surface area contributed by atoms with Crippen LogP contribution in [0.25, 0.3) is 17.0 Å². The van der Waals surface area contributed by atoms with Crippen LogP contribution in [0.15, 0.2) is 29.6 Å². The number of amides is 1. The normalized spacial score (nSPS) is 11.8. The Labute approximate surface area is 185 Å². The lowest BCUT2D eigenvalue weighted by atomic mass is 10.1. The molecule has 0 fully saturated rings. The summed E-state index contributed by atoms with van der Waals surface area (Å²) in [5.41, 5.74) is 4.53. The lowest BCUT2D eigenvalue weighted by Gasteiger charge is -2.10. The highest BCUT2D eigenvalue weighted by Gasteiger charge is 2.37. The van der Waals surface area contributed by atoms with Crippen molar-refractivity contribution in [1.82, 2.24) is 24.6 Å². The molecule has 0 aliphatic heterocycles. The SMILES string of the molecule is Cc1ccc(-c2csc(NC(=O)CCc3c(C)nc4nc(C(F)(F)F)nn4c3C)n2)cc1. The van der Waals surface area contributed by atoms with E-state index in [0.29, 0.717) is 28.5 Å². The Bertz CT molecular complexity index is 1290. The summed E-state index contributed by atoms with van der Waals surface area (Å²) in [6, 6.07) is 7.93. The van der Waals surface area contributed by atoms with Crippen molar-refractivity contribution < 1.29 is 18.0 Å². The van der Waals surface area contributed by atoms with Gasteiger partial charge in [-0.05, 0) is 32.8 Å². The lowest BCUT2D eigenvalue weighted by molar-refractivity contribution is -0.144. The Morgan fingerprint density at radius 2 is 1.81 bits per heavy atom. The number of benzene rings is 1. The number of carbonyl (C=O) groups excluding carboxylic acids is 1. The fourth-order valence-corrected chi connectivity index (χ4v) is 4.03. The summed E-state index contributed by atoms with van der Waals surface area (Å²) in [7, 11) is 0. The van der Waals surface area contributed by atoms with E-state index in [0.717, 1.165) is 21.3 Å². The van der Waals surface area contributed by atoms with Gasteiger partial charge in [0.2, 0.25) is 5.91 Å². The Kier molecular flexibility index (Phi) is 5.68. The topological polar surface area (TPSA) is 85.1 Å². The predicted molar refractivity (Wildman–Crippen MR) is 114 cm³/mol. The minimum atomic E-state index is -4.65. The number of hydrogen-bond acceptors (Lipinski definition) is 6. The highest BCUT2D eigenvalue weighted by atomic mass is 32.1. The van der Waals surface area contributed by atoms with Gasteiger partial charge in [0.15, 0.2) is 5.13 Å². The van der Waals surface area contributed by atoms with Crippen molar-refractivity contribution >= 4 is 28.2 Å². The summed E-state index contributed by atoms with van der Waals surface area (Å²) >= 11 is 1.33. The van der Waals surface area contributed by atoms with Crippen molar-refractivity contribution in [2.24, 2.45) is 0 Å². The number of thiazole rings is 1. The van der Waals surface area contributed by atoms with E-state index >= 15 is 0 Å². The number of alkyl halides is 3. The number of anilines is 1. The van der Waals surface area contributed by atoms with Crippen molar-refractivity contribution in [2.45, 2.75) is 39.8 Å². The molecule has 4 rings (SSSR count). The molecule has 166 valence electrons. The third kappa shape index (κ3) is 4.47. The van der Waals surface area contributed by atoms with Crippen LogP contribution in [0, 0.1) is 20.8 Å². The maximum atomic E-state index is 12.9. The first-order valence-corrected chi connectivity index (χ1v) is 10.6. The van der Waals surface area contributed by atoms with E-state index in [4.69, 9.17) is 0 Å². The fraction of sp³-hybridized carbons (Fsp3) is 0.286. The molecule has 1 N–H and O–H groups in total. The van der Waals surface area contributed by atoms with E-state index in [-0.39, 0.29) is 18.1 Å². The minimum absolute atomic E-state index is 0.119. The number of hydrogen-bond donors (Lipinski definition) is 1. The van der Waals surface area contributed by atoms with Gasteiger partial charge >= 0.3 is 6.18 Å². The van der Waals surface area contributed by atoms with Gasteiger partial charge in [-0.1, -0.05) is 29.8 Å². The second-order valence-electron chi connectivity index (χ2n) is 7.36. The van der Waals surface area contributed by atoms with Crippen LogP contribution < -0.4 is 5.32 Å². The molecule has 0 bridgehead atoms. The van der Waals surface area contributed by atoms with E-state index in [9.17, 15) is 18.0 Å². The number of aromatic nitrogens is 5. The highest BCUT2D eigenvalue weighted by Crippen LogP contribution is 2.28. The van der Waals surface area contributed by atoms with Crippen molar-refractivity contribution in [3.63, 3.8) is 0 Å². The van der Waals surface area contributed by atoms with E-state index < -0.39 is 12.0 Å². The molecule has 3 aromatic heterocycles. The first-order valence-electron chi connectivity index (χ1n) is 9.74. The molecule has 32 heavy (non-hydrogen) atoms. The summed E-state index contributed by atoms with van der Waals surface area (Å²) < 4.78 is 39.8. The van der Waals surface area contributed by atoms with Gasteiger partial charge in [-0.3, -0.25) is 4.79 Å². The van der Waals surface area contributed by atoms with Crippen molar-refractivity contribution in [3.05, 3.63) is 58.0 Å². The van der Waals surface area contributed by atoms with Crippen LogP contribution in [0.4, 0.5) is 18.3 Å². The number of nitrogens with one attached hydrogen (secondary N) is 1. The fourth-order valence-electron chi connectivity index (χ4n) is 3.30. The molecule has 0 atom stereocenters. The van der Waals surface area contributed by atoms with Gasteiger partial charge < -0.3 is 5.32 Å². The molecule has 0 spiro atoms. The van der Waals surface area contributed by atoms with Crippen molar-refractivity contribution in [1.29, 1.82) is 0 Å². The number of fused-ring (bicyclic) bond motifs is 1. The summed E-state index contributed by atoms with van der Waals surface area (Å²) in [4.78, 5) is 24.5. The van der Waals surface area contributed by atoms with Crippen LogP contribution >= 0.6 is 11.3 Å². The zero-order chi connectivity index (χ0) is 23.0. The van der Waals surface area contributed by atoms with Gasteiger partial charge in [-0.2, -0.15) is 18.2 Å². The standard InChI is InChI=1S/C21H19F3N6OS/c1-11-4-6-14(7-5-11)16-10-32-20(26-16)27-17(31)9-8-15-12(2)25-19-28-18(21(22,23)24)29-30(19)13(15)3/h4-7,10H,8-9H2,1-3H3,(H,26,27,31). The zero-order valence-electron chi connectivity index (χ0n) is 17.5. The highest BCUT2D eigenvalue weighted by molar-refractivity contribution is 7.14. The van der Waals surface area contributed by atoms with E-state index in [1.807, 2.05) is 36.6 Å². The number of aryl methyl sites for hydroxylation is 3. The molecular weight excluding hydrogens is 441 g/mol. The lowest BCUT2D eigenvalue weighted by Crippen LogP contribution is -2.14. The van der Waals surface area contributed by atoms with Crippen LogP contribution in [0.5, 0.6) is 0 Å². The molecule has 0 saturated carbocycles. The Morgan fingerprint density at radius 1 is 1.09 bits per heavy atom.